The summed E-state index contributed by atoms with van der Waals surface area (Å²) in [5.74, 6) is -0.102. The lowest BCUT2D eigenvalue weighted by Crippen LogP contribution is -2.13. The smallest absolute Gasteiger partial charge is 0.257 e. The van der Waals surface area contributed by atoms with Crippen molar-refractivity contribution < 1.29 is 4.79 Å². The summed E-state index contributed by atoms with van der Waals surface area (Å²) in [4.78, 5) is 16.8. The van der Waals surface area contributed by atoms with Gasteiger partial charge in [0, 0.05) is 30.0 Å². The highest BCUT2D eigenvalue weighted by atomic mass is 16.1. The van der Waals surface area contributed by atoms with Crippen molar-refractivity contribution in [3.8, 4) is 0 Å². The minimum atomic E-state index is -0.102. The van der Waals surface area contributed by atoms with Crippen LogP contribution in [0.25, 0.3) is 10.9 Å². The van der Waals surface area contributed by atoms with Crippen molar-refractivity contribution in [3.05, 3.63) is 59.5 Å². The highest BCUT2D eigenvalue weighted by Crippen LogP contribution is 2.22. The third-order valence-corrected chi connectivity index (χ3v) is 3.90. The molecule has 0 spiro atoms. The summed E-state index contributed by atoms with van der Waals surface area (Å²) in [6, 6.07) is 11.6. The van der Waals surface area contributed by atoms with Crippen LogP contribution in [0, 0.1) is 13.8 Å². The maximum absolute atomic E-state index is 12.5. The molecule has 0 radical (unpaired) electrons. The number of hydrogen-bond acceptors (Lipinski definition) is 2. The van der Waals surface area contributed by atoms with Gasteiger partial charge in [-0.05, 0) is 32.0 Å². The Morgan fingerprint density at radius 3 is 2.67 bits per heavy atom. The van der Waals surface area contributed by atoms with Crippen molar-refractivity contribution >= 4 is 22.5 Å². The molecular formula is C17H17N3O. The SMILES string of the molecule is Cc1cc(C(=O)Nc2cccc3cccnc23)c(C)n1C. The molecule has 1 aromatic carbocycles. The van der Waals surface area contributed by atoms with Gasteiger partial charge in [-0.15, -0.1) is 0 Å². The second kappa shape index (κ2) is 5.05. The Hall–Kier alpha value is -2.62. The predicted molar refractivity (Wildman–Crippen MR) is 84.6 cm³/mol. The summed E-state index contributed by atoms with van der Waals surface area (Å²) in [6.07, 6.45) is 1.73. The maximum atomic E-state index is 12.5. The van der Waals surface area contributed by atoms with Gasteiger partial charge in [-0.1, -0.05) is 18.2 Å². The van der Waals surface area contributed by atoms with E-state index in [1.165, 1.54) is 0 Å². The van der Waals surface area contributed by atoms with E-state index in [2.05, 4.69) is 10.3 Å². The van der Waals surface area contributed by atoms with Gasteiger partial charge >= 0.3 is 0 Å². The molecular weight excluding hydrogens is 262 g/mol. The second-order valence-electron chi connectivity index (χ2n) is 5.18. The Bertz CT molecular complexity index is 828. The first-order valence-corrected chi connectivity index (χ1v) is 6.86. The number of nitrogens with one attached hydrogen (secondary N) is 1. The number of benzene rings is 1. The number of pyridine rings is 1. The molecule has 0 aliphatic carbocycles. The van der Waals surface area contributed by atoms with Gasteiger partial charge in [-0.3, -0.25) is 9.78 Å². The zero-order chi connectivity index (χ0) is 15.0. The molecule has 1 amide bonds. The Morgan fingerprint density at radius 1 is 1.19 bits per heavy atom. The lowest BCUT2D eigenvalue weighted by Gasteiger charge is -2.08. The van der Waals surface area contributed by atoms with Gasteiger partial charge in [0.2, 0.25) is 0 Å². The Kier molecular flexibility index (Phi) is 3.22. The largest absolute Gasteiger partial charge is 0.351 e. The van der Waals surface area contributed by atoms with E-state index in [4.69, 9.17) is 0 Å². The molecule has 0 fully saturated rings. The number of carbonyl (C=O) groups excluding carboxylic acids is 1. The van der Waals surface area contributed by atoms with Gasteiger partial charge in [0.15, 0.2) is 0 Å². The first kappa shape index (κ1) is 13.4. The van der Waals surface area contributed by atoms with Crippen molar-refractivity contribution in [1.29, 1.82) is 0 Å². The van der Waals surface area contributed by atoms with Gasteiger partial charge in [0.25, 0.3) is 5.91 Å². The van der Waals surface area contributed by atoms with Crippen LogP contribution in [-0.2, 0) is 7.05 Å². The second-order valence-corrected chi connectivity index (χ2v) is 5.18. The molecule has 4 nitrogen and oxygen atoms in total. The molecule has 0 unspecified atom stereocenters. The van der Waals surface area contributed by atoms with Crippen LogP contribution in [0.5, 0.6) is 0 Å². The molecule has 0 aliphatic rings. The summed E-state index contributed by atoms with van der Waals surface area (Å²) in [7, 11) is 1.96. The average Bonchev–Trinajstić information content (AvgIpc) is 2.75. The van der Waals surface area contributed by atoms with Gasteiger partial charge in [-0.2, -0.15) is 0 Å². The fourth-order valence-electron chi connectivity index (χ4n) is 2.48. The number of aromatic nitrogens is 2. The number of amides is 1. The molecule has 0 bridgehead atoms. The lowest BCUT2D eigenvalue weighted by atomic mass is 10.1. The zero-order valence-electron chi connectivity index (χ0n) is 12.3. The molecule has 3 aromatic rings. The van der Waals surface area contributed by atoms with Crippen molar-refractivity contribution in [2.75, 3.05) is 5.32 Å². The van der Waals surface area contributed by atoms with Crippen LogP contribution < -0.4 is 5.32 Å². The number of rotatable bonds is 2. The van der Waals surface area contributed by atoms with Crippen LogP contribution in [0.2, 0.25) is 0 Å². The van der Waals surface area contributed by atoms with Gasteiger partial charge in [0.05, 0.1) is 16.8 Å². The van der Waals surface area contributed by atoms with E-state index in [0.29, 0.717) is 5.56 Å². The highest BCUT2D eigenvalue weighted by molar-refractivity contribution is 6.09. The average molecular weight is 279 g/mol. The van der Waals surface area contributed by atoms with Gasteiger partial charge in [-0.25, -0.2) is 0 Å². The van der Waals surface area contributed by atoms with Gasteiger partial charge in [0.1, 0.15) is 0 Å². The van der Waals surface area contributed by atoms with Crippen LogP contribution in [0.15, 0.2) is 42.6 Å². The molecule has 0 saturated carbocycles. The van der Waals surface area contributed by atoms with Crippen LogP contribution in [0.4, 0.5) is 5.69 Å². The van der Waals surface area contributed by atoms with Crippen molar-refractivity contribution in [2.45, 2.75) is 13.8 Å². The quantitative estimate of drug-likeness (QED) is 0.781. The lowest BCUT2D eigenvalue weighted by molar-refractivity contribution is 0.102. The monoisotopic (exact) mass is 279 g/mol. The number of nitrogens with zero attached hydrogens (tertiary/aromatic N) is 2. The summed E-state index contributed by atoms with van der Waals surface area (Å²) in [6.45, 7) is 3.94. The molecule has 21 heavy (non-hydrogen) atoms. The molecule has 106 valence electrons. The molecule has 4 heteroatoms. The first-order valence-electron chi connectivity index (χ1n) is 6.86. The number of para-hydroxylation sites is 1. The summed E-state index contributed by atoms with van der Waals surface area (Å²) in [5.41, 5.74) is 4.26. The van der Waals surface area contributed by atoms with E-state index in [1.807, 2.05) is 61.9 Å². The van der Waals surface area contributed by atoms with Crippen LogP contribution in [0.3, 0.4) is 0 Å². The number of aryl methyl sites for hydroxylation is 1. The van der Waals surface area contributed by atoms with E-state index < -0.39 is 0 Å². The summed E-state index contributed by atoms with van der Waals surface area (Å²) >= 11 is 0. The maximum Gasteiger partial charge on any atom is 0.257 e. The fraction of sp³-hybridized carbons (Fsp3) is 0.176. The van der Waals surface area contributed by atoms with E-state index in [1.54, 1.807) is 6.20 Å². The normalized spacial score (nSPS) is 10.8. The van der Waals surface area contributed by atoms with Crippen molar-refractivity contribution in [1.82, 2.24) is 9.55 Å². The molecule has 2 aromatic heterocycles. The molecule has 0 saturated heterocycles. The Balaban J connectivity index is 1.98. The predicted octanol–water partition coefficient (Wildman–Crippen LogP) is 3.44. The van der Waals surface area contributed by atoms with Crippen molar-refractivity contribution in [2.24, 2.45) is 7.05 Å². The topological polar surface area (TPSA) is 46.9 Å². The number of anilines is 1. The third kappa shape index (κ3) is 2.29. The first-order chi connectivity index (χ1) is 10.1. The zero-order valence-corrected chi connectivity index (χ0v) is 12.3. The summed E-state index contributed by atoms with van der Waals surface area (Å²) < 4.78 is 2.01. The van der Waals surface area contributed by atoms with Crippen LogP contribution >= 0.6 is 0 Å². The van der Waals surface area contributed by atoms with Crippen LogP contribution in [0.1, 0.15) is 21.7 Å². The van der Waals surface area contributed by atoms with Crippen molar-refractivity contribution in [3.63, 3.8) is 0 Å². The van der Waals surface area contributed by atoms with E-state index in [9.17, 15) is 4.79 Å². The number of carbonyl (C=O) groups is 1. The Morgan fingerprint density at radius 2 is 1.95 bits per heavy atom. The molecule has 0 atom stereocenters. The van der Waals surface area contributed by atoms with Crippen LogP contribution in [-0.4, -0.2) is 15.5 Å². The number of hydrogen-bond donors (Lipinski definition) is 1. The number of fused-ring (bicyclic) bond motifs is 1. The Labute approximate surface area is 123 Å². The van der Waals surface area contributed by atoms with Gasteiger partial charge < -0.3 is 9.88 Å². The molecule has 1 N–H and O–H groups in total. The third-order valence-electron chi connectivity index (χ3n) is 3.90. The van der Waals surface area contributed by atoms with E-state index >= 15 is 0 Å². The van der Waals surface area contributed by atoms with E-state index in [0.717, 1.165) is 28.0 Å². The highest BCUT2D eigenvalue weighted by Gasteiger charge is 2.15. The summed E-state index contributed by atoms with van der Waals surface area (Å²) in [5, 5.41) is 3.98. The minimum absolute atomic E-state index is 0.102. The van der Waals surface area contributed by atoms with E-state index in [-0.39, 0.29) is 5.91 Å². The molecule has 2 heterocycles. The minimum Gasteiger partial charge on any atom is -0.351 e. The molecule has 0 aliphatic heterocycles. The standard InChI is InChI=1S/C17H17N3O/c1-11-10-14(12(2)20(11)3)17(21)19-15-8-4-6-13-7-5-9-18-16(13)15/h4-10H,1-3H3,(H,19,21). The fourth-order valence-corrected chi connectivity index (χ4v) is 2.48. The molecule has 3 rings (SSSR count).